The van der Waals surface area contributed by atoms with Gasteiger partial charge in [0, 0.05) is 0 Å². The molecular weight excluding hydrogens is 198 g/mol. The van der Waals surface area contributed by atoms with Gasteiger partial charge in [-0.3, -0.25) is 0 Å². The Kier molecular flexibility index (Phi) is 3.05. The number of anilines is 2. The molecule has 3 heteroatoms. The molecule has 2 rings (SSSR count). The molecule has 0 spiro atoms. The minimum atomic E-state index is 0.473. The summed E-state index contributed by atoms with van der Waals surface area (Å²) in [6, 6.07) is 14.1. The monoisotopic (exact) mass is 213 g/mol. The van der Waals surface area contributed by atoms with Crippen LogP contribution in [0.3, 0.4) is 0 Å². The molecule has 0 fully saturated rings. The number of nitrogen functional groups attached to an aromatic ring is 2. The smallest absolute Gasteiger partial charge is 0.129 e. The van der Waals surface area contributed by atoms with Crippen molar-refractivity contribution in [2.75, 3.05) is 11.5 Å². The van der Waals surface area contributed by atoms with E-state index in [1.807, 2.05) is 24.3 Å². The van der Waals surface area contributed by atoms with E-state index in [1.54, 1.807) is 6.07 Å². The number of benzene rings is 1. The van der Waals surface area contributed by atoms with E-state index in [-0.39, 0.29) is 0 Å². The molecule has 0 atom stereocenters. The maximum absolute atomic E-state index is 5.79. The fourth-order valence-corrected chi connectivity index (χ4v) is 1.65. The zero-order chi connectivity index (χ0) is 11.4. The van der Waals surface area contributed by atoms with E-state index >= 15 is 0 Å². The molecule has 0 aliphatic carbocycles. The minimum absolute atomic E-state index is 0.473. The highest BCUT2D eigenvalue weighted by atomic mass is 14.9. The summed E-state index contributed by atoms with van der Waals surface area (Å²) in [6.45, 7) is 0. The fraction of sp³-hybridized carbons (Fsp3) is 0.154. The van der Waals surface area contributed by atoms with Crippen LogP contribution in [0.15, 0.2) is 42.5 Å². The van der Waals surface area contributed by atoms with Crippen LogP contribution in [0.1, 0.15) is 11.1 Å². The third-order valence-electron chi connectivity index (χ3n) is 2.56. The van der Waals surface area contributed by atoms with E-state index in [1.165, 1.54) is 5.56 Å². The van der Waals surface area contributed by atoms with Crippen molar-refractivity contribution in [3.63, 3.8) is 0 Å². The van der Waals surface area contributed by atoms with E-state index in [2.05, 4.69) is 17.1 Å². The number of hydrogen-bond donors (Lipinski definition) is 2. The van der Waals surface area contributed by atoms with Crippen LogP contribution in [-0.2, 0) is 12.8 Å². The predicted octanol–water partition coefficient (Wildman–Crippen LogP) is 2.03. The highest BCUT2D eigenvalue weighted by Gasteiger charge is 2.01. The molecule has 0 amide bonds. The molecule has 16 heavy (non-hydrogen) atoms. The average molecular weight is 213 g/mol. The molecule has 0 saturated heterocycles. The number of aryl methyl sites for hydroxylation is 2. The van der Waals surface area contributed by atoms with E-state index in [9.17, 15) is 0 Å². The SMILES string of the molecule is Nc1ccc(CCc2ccccc2)c(N)n1. The first-order valence-corrected chi connectivity index (χ1v) is 5.30. The van der Waals surface area contributed by atoms with Crippen molar-refractivity contribution in [1.29, 1.82) is 0 Å². The van der Waals surface area contributed by atoms with E-state index in [0.717, 1.165) is 18.4 Å². The Morgan fingerprint density at radius 1 is 0.875 bits per heavy atom. The summed E-state index contributed by atoms with van der Waals surface area (Å²) < 4.78 is 0. The van der Waals surface area contributed by atoms with Gasteiger partial charge >= 0.3 is 0 Å². The third-order valence-corrected chi connectivity index (χ3v) is 2.56. The highest BCUT2D eigenvalue weighted by molar-refractivity contribution is 5.46. The predicted molar refractivity (Wildman–Crippen MR) is 66.9 cm³/mol. The summed E-state index contributed by atoms with van der Waals surface area (Å²) in [6.07, 6.45) is 1.86. The first-order valence-electron chi connectivity index (χ1n) is 5.30. The van der Waals surface area contributed by atoms with Crippen LogP contribution in [0.25, 0.3) is 0 Å². The second-order valence-corrected chi connectivity index (χ2v) is 3.77. The van der Waals surface area contributed by atoms with Crippen LogP contribution in [0.2, 0.25) is 0 Å². The van der Waals surface area contributed by atoms with Crippen molar-refractivity contribution in [3.05, 3.63) is 53.6 Å². The van der Waals surface area contributed by atoms with Crippen LogP contribution in [0.5, 0.6) is 0 Å². The van der Waals surface area contributed by atoms with Crippen LogP contribution in [-0.4, -0.2) is 4.98 Å². The molecule has 3 nitrogen and oxygen atoms in total. The lowest BCUT2D eigenvalue weighted by Crippen LogP contribution is -2.02. The van der Waals surface area contributed by atoms with Gasteiger partial charge in [0.15, 0.2) is 0 Å². The molecule has 1 aromatic carbocycles. The van der Waals surface area contributed by atoms with Crippen molar-refractivity contribution in [2.24, 2.45) is 0 Å². The van der Waals surface area contributed by atoms with Gasteiger partial charge in [-0.1, -0.05) is 36.4 Å². The minimum Gasteiger partial charge on any atom is -0.384 e. The maximum atomic E-state index is 5.79. The van der Waals surface area contributed by atoms with Crippen molar-refractivity contribution >= 4 is 11.6 Å². The number of pyridine rings is 1. The molecule has 0 radical (unpaired) electrons. The molecule has 0 aliphatic heterocycles. The van der Waals surface area contributed by atoms with Crippen LogP contribution in [0, 0.1) is 0 Å². The summed E-state index contributed by atoms with van der Waals surface area (Å²) >= 11 is 0. The largest absolute Gasteiger partial charge is 0.384 e. The Morgan fingerprint density at radius 2 is 1.62 bits per heavy atom. The molecule has 0 unspecified atom stereocenters. The topological polar surface area (TPSA) is 64.9 Å². The van der Waals surface area contributed by atoms with E-state index < -0.39 is 0 Å². The summed E-state index contributed by atoms with van der Waals surface area (Å²) in [7, 11) is 0. The number of aromatic nitrogens is 1. The summed E-state index contributed by atoms with van der Waals surface area (Å²) in [5.41, 5.74) is 13.7. The van der Waals surface area contributed by atoms with Crippen molar-refractivity contribution < 1.29 is 0 Å². The molecule has 0 aliphatic rings. The van der Waals surface area contributed by atoms with Gasteiger partial charge in [0.25, 0.3) is 0 Å². The number of hydrogen-bond acceptors (Lipinski definition) is 3. The molecule has 0 bridgehead atoms. The lowest BCUT2D eigenvalue weighted by molar-refractivity contribution is 0.955. The third kappa shape index (κ3) is 2.51. The average Bonchev–Trinajstić information content (AvgIpc) is 2.29. The fourth-order valence-electron chi connectivity index (χ4n) is 1.65. The van der Waals surface area contributed by atoms with E-state index in [0.29, 0.717) is 11.6 Å². The molecule has 1 heterocycles. The lowest BCUT2D eigenvalue weighted by atomic mass is 10.1. The Balaban J connectivity index is 2.05. The Hall–Kier alpha value is -2.03. The maximum Gasteiger partial charge on any atom is 0.129 e. The van der Waals surface area contributed by atoms with Gasteiger partial charge in [-0.25, -0.2) is 4.98 Å². The van der Waals surface area contributed by atoms with Gasteiger partial charge in [0.1, 0.15) is 11.6 Å². The van der Waals surface area contributed by atoms with Gasteiger partial charge in [-0.15, -0.1) is 0 Å². The first kappa shape index (κ1) is 10.5. The molecule has 4 N–H and O–H groups in total. The zero-order valence-electron chi connectivity index (χ0n) is 9.06. The van der Waals surface area contributed by atoms with Crippen LogP contribution < -0.4 is 11.5 Å². The normalized spacial score (nSPS) is 10.2. The summed E-state index contributed by atoms with van der Waals surface area (Å²) in [4.78, 5) is 4.04. The van der Waals surface area contributed by atoms with Gasteiger partial charge in [-0.2, -0.15) is 0 Å². The zero-order valence-corrected chi connectivity index (χ0v) is 9.06. The van der Waals surface area contributed by atoms with Crippen LogP contribution in [0.4, 0.5) is 11.6 Å². The number of nitrogens with zero attached hydrogens (tertiary/aromatic N) is 1. The molecule has 82 valence electrons. The summed E-state index contributed by atoms with van der Waals surface area (Å²) in [5.74, 6) is 1.01. The highest BCUT2D eigenvalue weighted by Crippen LogP contribution is 2.14. The first-order chi connectivity index (χ1) is 7.75. The van der Waals surface area contributed by atoms with Gasteiger partial charge in [0.2, 0.25) is 0 Å². The second-order valence-electron chi connectivity index (χ2n) is 3.77. The summed E-state index contributed by atoms with van der Waals surface area (Å²) in [5, 5.41) is 0. The lowest BCUT2D eigenvalue weighted by Gasteiger charge is -2.05. The standard InChI is InChI=1S/C13H15N3/c14-12-9-8-11(13(15)16-12)7-6-10-4-2-1-3-5-10/h1-5,8-9H,6-7H2,(H4,14,15,16). The van der Waals surface area contributed by atoms with Crippen molar-refractivity contribution in [2.45, 2.75) is 12.8 Å². The molecule has 0 saturated carbocycles. The van der Waals surface area contributed by atoms with Crippen LogP contribution >= 0.6 is 0 Å². The Bertz CT molecular complexity index is 466. The molecule has 2 aromatic rings. The van der Waals surface area contributed by atoms with Gasteiger partial charge in [0.05, 0.1) is 0 Å². The number of nitrogens with two attached hydrogens (primary N) is 2. The van der Waals surface area contributed by atoms with Crippen molar-refractivity contribution in [1.82, 2.24) is 4.98 Å². The van der Waals surface area contributed by atoms with Gasteiger partial charge in [-0.05, 0) is 30.0 Å². The van der Waals surface area contributed by atoms with Gasteiger partial charge < -0.3 is 11.5 Å². The Labute approximate surface area is 95.1 Å². The molecular formula is C13H15N3. The quantitative estimate of drug-likeness (QED) is 0.820. The van der Waals surface area contributed by atoms with E-state index in [4.69, 9.17) is 11.5 Å². The van der Waals surface area contributed by atoms with Crippen molar-refractivity contribution in [3.8, 4) is 0 Å². The molecule has 1 aromatic heterocycles. The second kappa shape index (κ2) is 4.66. The number of rotatable bonds is 3. The Morgan fingerprint density at radius 3 is 2.31 bits per heavy atom.